The highest BCUT2D eigenvalue weighted by atomic mass is 16.4. The van der Waals surface area contributed by atoms with E-state index in [0.717, 1.165) is 52.1 Å². The van der Waals surface area contributed by atoms with E-state index in [0.29, 0.717) is 13.1 Å². The number of piperazine rings is 1. The zero-order valence-corrected chi connectivity index (χ0v) is 14.6. The second-order valence-electron chi connectivity index (χ2n) is 7.12. The SMILES string of the molecule is O=C(O)N1CCN(CCCN2CCc3c([nH]c4ccccc34)C2)CC1. The van der Waals surface area contributed by atoms with Gasteiger partial charge in [0.2, 0.25) is 0 Å². The van der Waals surface area contributed by atoms with Gasteiger partial charge in [-0.1, -0.05) is 18.2 Å². The number of hydrogen-bond acceptors (Lipinski definition) is 3. The van der Waals surface area contributed by atoms with Crippen LogP contribution in [0.2, 0.25) is 0 Å². The first-order valence-corrected chi connectivity index (χ1v) is 9.22. The van der Waals surface area contributed by atoms with Crippen molar-refractivity contribution < 1.29 is 9.90 Å². The van der Waals surface area contributed by atoms with Crippen LogP contribution in [0, 0.1) is 0 Å². The third-order valence-corrected chi connectivity index (χ3v) is 5.55. The van der Waals surface area contributed by atoms with Crippen LogP contribution in [0.15, 0.2) is 24.3 Å². The maximum absolute atomic E-state index is 10.9. The molecular weight excluding hydrogens is 316 g/mol. The number of aromatic amines is 1. The lowest BCUT2D eigenvalue weighted by molar-refractivity contribution is 0.103. The molecule has 6 nitrogen and oxygen atoms in total. The monoisotopic (exact) mass is 342 g/mol. The molecule has 1 aromatic carbocycles. The Balaban J connectivity index is 1.26. The van der Waals surface area contributed by atoms with E-state index in [1.807, 2.05) is 0 Å². The fourth-order valence-electron chi connectivity index (χ4n) is 4.12. The van der Waals surface area contributed by atoms with Crippen LogP contribution in [0.1, 0.15) is 17.7 Å². The Kier molecular flexibility index (Phi) is 4.63. The molecule has 1 amide bonds. The van der Waals surface area contributed by atoms with Crippen LogP contribution in [0.5, 0.6) is 0 Å². The highest BCUT2D eigenvalue weighted by Crippen LogP contribution is 2.27. The Morgan fingerprint density at radius 1 is 1.04 bits per heavy atom. The van der Waals surface area contributed by atoms with Crippen molar-refractivity contribution in [3.8, 4) is 0 Å². The Morgan fingerprint density at radius 2 is 1.80 bits per heavy atom. The van der Waals surface area contributed by atoms with Gasteiger partial charge in [-0.25, -0.2) is 4.79 Å². The summed E-state index contributed by atoms with van der Waals surface area (Å²) >= 11 is 0. The predicted molar refractivity (Wildman–Crippen MR) is 97.9 cm³/mol. The molecule has 0 atom stereocenters. The highest BCUT2D eigenvalue weighted by Gasteiger charge is 2.22. The zero-order chi connectivity index (χ0) is 17.2. The van der Waals surface area contributed by atoms with Crippen molar-refractivity contribution in [3.63, 3.8) is 0 Å². The van der Waals surface area contributed by atoms with Gasteiger partial charge >= 0.3 is 6.09 Å². The van der Waals surface area contributed by atoms with Crippen LogP contribution < -0.4 is 0 Å². The largest absolute Gasteiger partial charge is 0.465 e. The second kappa shape index (κ2) is 7.06. The van der Waals surface area contributed by atoms with Crippen molar-refractivity contribution in [3.05, 3.63) is 35.5 Å². The smallest absolute Gasteiger partial charge is 0.407 e. The lowest BCUT2D eigenvalue weighted by Gasteiger charge is -2.34. The van der Waals surface area contributed by atoms with Gasteiger partial charge in [-0.3, -0.25) is 9.80 Å². The normalized spacial score (nSPS) is 19.3. The Morgan fingerprint density at radius 3 is 2.60 bits per heavy atom. The first kappa shape index (κ1) is 16.4. The third-order valence-electron chi connectivity index (χ3n) is 5.55. The number of benzene rings is 1. The van der Waals surface area contributed by atoms with E-state index in [4.69, 9.17) is 5.11 Å². The molecule has 134 valence electrons. The summed E-state index contributed by atoms with van der Waals surface area (Å²) in [4.78, 5) is 21.0. The van der Waals surface area contributed by atoms with E-state index >= 15 is 0 Å². The first-order chi connectivity index (χ1) is 12.2. The zero-order valence-electron chi connectivity index (χ0n) is 14.6. The Hall–Kier alpha value is -2.05. The minimum atomic E-state index is -0.790. The van der Waals surface area contributed by atoms with Crippen molar-refractivity contribution in [1.82, 2.24) is 19.7 Å². The van der Waals surface area contributed by atoms with Crippen LogP contribution in [0.25, 0.3) is 10.9 Å². The molecule has 0 unspecified atom stereocenters. The van der Waals surface area contributed by atoms with Gasteiger partial charge in [0.25, 0.3) is 0 Å². The number of carbonyl (C=O) groups is 1. The molecule has 0 saturated carbocycles. The van der Waals surface area contributed by atoms with E-state index in [-0.39, 0.29) is 0 Å². The standard InChI is InChI=1S/C19H26N4O2/c24-19(25)23-12-10-21(11-13-23)7-3-8-22-9-6-16-15-4-1-2-5-17(15)20-18(16)14-22/h1-2,4-5,20H,3,6-14H2,(H,24,25). The molecule has 2 aromatic rings. The van der Waals surface area contributed by atoms with Gasteiger partial charge in [0.15, 0.2) is 0 Å². The number of hydrogen-bond donors (Lipinski definition) is 2. The number of aromatic nitrogens is 1. The van der Waals surface area contributed by atoms with E-state index in [1.165, 1.54) is 27.1 Å². The third kappa shape index (κ3) is 3.50. The molecule has 2 N–H and O–H groups in total. The minimum Gasteiger partial charge on any atom is -0.465 e. The van der Waals surface area contributed by atoms with Crippen molar-refractivity contribution >= 4 is 17.0 Å². The topological polar surface area (TPSA) is 62.8 Å². The molecular formula is C19H26N4O2. The van der Waals surface area contributed by atoms with Crippen molar-refractivity contribution in [1.29, 1.82) is 0 Å². The van der Waals surface area contributed by atoms with Gasteiger partial charge in [0.1, 0.15) is 0 Å². The molecule has 1 aromatic heterocycles. The summed E-state index contributed by atoms with van der Waals surface area (Å²) in [5.41, 5.74) is 4.13. The molecule has 0 bridgehead atoms. The molecule has 25 heavy (non-hydrogen) atoms. The number of para-hydroxylation sites is 1. The fourth-order valence-corrected chi connectivity index (χ4v) is 4.12. The van der Waals surface area contributed by atoms with E-state index in [2.05, 4.69) is 39.0 Å². The average Bonchev–Trinajstić information content (AvgIpc) is 3.00. The molecule has 1 fully saturated rings. The Labute approximate surface area is 148 Å². The molecule has 0 aliphatic carbocycles. The molecule has 3 heterocycles. The summed E-state index contributed by atoms with van der Waals surface area (Å²) in [6.07, 6.45) is 1.47. The first-order valence-electron chi connectivity index (χ1n) is 9.22. The number of amides is 1. The van der Waals surface area contributed by atoms with Crippen LogP contribution in [0.4, 0.5) is 4.79 Å². The molecule has 1 saturated heterocycles. The van der Waals surface area contributed by atoms with Gasteiger partial charge in [-0.2, -0.15) is 0 Å². The number of nitrogens with one attached hydrogen (secondary N) is 1. The van der Waals surface area contributed by atoms with Gasteiger partial charge in [-0.05, 0) is 37.6 Å². The van der Waals surface area contributed by atoms with Crippen LogP contribution in [0.3, 0.4) is 0 Å². The van der Waals surface area contributed by atoms with Crippen molar-refractivity contribution in [2.75, 3.05) is 45.8 Å². The number of nitrogens with zero attached hydrogens (tertiary/aromatic N) is 3. The van der Waals surface area contributed by atoms with E-state index < -0.39 is 6.09 Å². The van der Waals surface area contributed by atoms with E-state index in [1.54, 1.807) is 0 Å². The summed E-state index contributed by atoms with van der Waals surface area (Å²) in [5, 5.41) is 10.4. The van der Waals surface area contributed by atoms with Crippen molar-refractivity contribution in [2.24, 2.45) is 0 Å². The maximum atomic E-state index is 10.9. The molecule has 6 heteroatoms. The molecule has 2 aliphatic heterocycles. The average molecular weight is 342 g/mol. The number of carboxylic acid groups (broad SMARTS) is 1. The summed E-state index contributed by atoms with van der Waals surface area (Å²) in [6, 6.07) is 8.59. The summed E-state index contributed by atoms with van der Waals surface area (Å²) in [7, 11) is 0. The quantitative estimate of drug-likeness (QED) is 0.894. The number of fused-ring (bicyclic) bond motifs is 3. The van der Waals surface area contributed by atoms with Crippen LogP contribution in [-0.4, -0.2) is 76.7 Å². The van der Waals surface area contributed by atoms with E-state index in [9.17, 15) is 4.79 Å². The van der Waals surface area contributed by atoms with Gasteiger partial charge in [0.05, 0.1) is 0 Å². The van der Waals surface area contributed by atoms with Gasteiger partial charge in [-0.15, -0.1) is 0 Å². The molecule has 0 radical (unpaired) electrons. The lowest BCUT2D eigenvalue weighted by Crippen LogP contribution is -2.48. The van der Waals surface area contributed by atoms with Crippen LogP contribution >= 0.6 is 0 Å². The molecule has 0 spiro atoms. The highest BCUT2D eigenvalue weighted by molar-refractivity contribution is 5.84. The summed E-state index contributed by atoms with van der Waals surface area (Å²) in [6.45, 7) is 7.29. The van der Waals surface area contributed by atoms with Gasteiger partial charge < -0.3 is 15.0 Å². The Bertz CT molecular complexity index is 749. The number of rotatable bonds is 4. The predicted octanol–water partition coefficient (Wildman–Crippen LogP) is 2.21. The molecule has 4 rings (SSSR count). The molecule has 2 aliphatic rings. The summed E-state index contributed by atoms with van der Waals surface area (Å²) < 4.78 is 0. The lowest BCUT2D eigenvalue weighted by atomic mass is 10.0. The summed E-state index contributed by atoms with van der Waals surface area (Å²) in [5.74, 6) is 0. The van der Waals surface area contributed by atoms with Crippen LogP contribution in [-0.2, 0) is 13.0 Å². The fraction of sp³-hybridized carbons (Fsp3) is 0.526. The second-order valence-corrected chi connectivity index (χ2v) is 7.12. The van der Waals surface area contributed by atoms with Crippen molar-refractivity contribution in [2.45, 2.75) is 19.4 Å². The van der Waals surface area contributed by atoms with Gasteiger partial charge in [0, 0.05) is 55.9 Å². The maximum Gasteiger partial charge on any atom is 0.407 e. The number of H-pyrrole nitrogens is 1. The minimum absolute atomic E-state index is 0.636.